The second-order valence-corrected chi connectivity index (χ2v) is 7.27. The largest absolute Gasteiger partial charge is 0.381 e. The summed E-state index contributed by atoms with van der Waals surface area (Å²) in [6.07, 6.45) is 2.04. The number of hydrogen-bond acceptors (Lipinski definition) is 4. The van der Waals surface area contributed by atoms with Crippen molar-refractivity contribution in [2.75, 3.05) is 19.8 Å². The summed E-state index contributed by atoms with van der Waals surface area (Å²) in [5.74, 6) is 0.510. The van der Waals surface area contributed by atoms with E-state index in [0.717, 1.165) is 49.2 Å². The Balaban J connectivity index is 1.49. The van der Waals surface area contributed by atoms with Crippen molar-refractivity contribution in [1.29, 1.82) is 0 Å². The van der Waals surface area contributed by atoms with Crippen molar-refractivity contribution in [3.63, 3.8) is 0 Å². The van der Waals surface area contributed by atoms with Gasteiger partial charge in [0.05, 0.1) is 15.7 Å². The molecule has 1 amide bonds. The molecule has 2 aromatic carbocycles. The van der Waals surface area contributed by atoms with Crippen LogP contribution in [0.3, 0.4) is 0 Å². The Kier molecular flexibility index (Phi) is 4.76. The van der Waals surface area contributed by atoms with E-state index < -0.39 is 0 Å². The molecular formula is C20H20N2O2S. The van der Waals surface area contributed by atoms with Crippen molar-refractivity contribution in [2.24, 2.45) is 5.92 Å². The number of fused-ring (bicyclic) bond motifs is 1. The third kappa shape index (κ3) is 3.72. The smallest absolute Gasteiger partial charge is 0.251 e. The van der Waals surface area contributed by atoms with Crippen LogP contribution in [0.1, 0.15) is 23.2 Å². The molecule has 1 N–H and O–H groups in total. The van der Waals surface area contributed by atoms with Crippen LogP contribution in [0, 0.1) is 5.92 Å². The van der Waals surface area contributed by atoms with E-state index in [1.807, 2.05) is 29.8 Å². The summed E-state index contributed by atoms with van der Waals surface area (Å²) in [4.78, 5) is 16.9. The van der Waals surface area contributed by atoms with Gasteiger partial charge in [0, 0.05) is 25.3 Å². The lowest BCUT2D eigenvalue weighted by Gasteiger charge is -2.22. The first-order valence-corrected chi connectivity index (χ1v) is 9.47. The number of rotatable bonds is 4. The molecule has 0 aliphatic carbocycles. The fraction of sp³-hybridized carbons (Fsp3) is 0.300. The standard InChI is InChI=1S/C20H20N2O2S/c23-20(21-12-14-6-8-24-9-7-14)17-3-1-2-15(10-17)16-4-5-19-18(11-16)22-13-25-19/h1-5,10-11,13-14H,6-9,12H2,(H,21,23). The Morgan fingerprint density at radius 1 is 1.16 bits per heavy atom. The monoisotopic (exact) mass is 352 g/mol. The fourth-order valence-corrected chi connectivity index (χ4v) is 3.83. The second kappa shape index (κ2) is 7.33. The molecule has 0 radical (unpaired) electrons. The average molecular weight is 352 g/mol. The van der Waals surface area contributed by atoms with Crippen molar-refractivity contribution in [1.82, 2.24) is 10.3 Å². The molecule has 1 aliphatic heterocycles. The summed E-state index contributed by atoms with van der Waals surface area (Å²) in [5.41, 5.74) is 5.67. The number of carbonyl (C=O) groups is 1. The first-order valence-electron chi connectivity index (χ1n) is 8.59. The Hall–Kier alpha value is -2.24. The van der Waals surface area contributed by atoms with E-state index in [9.17, 15) is 4.79 Å². The molecule has 0 bridgehead atoms. The van der Waals surface area contributed by atoms with Gasteiger partial charge in [0.25, 0.3) is 5.91 Å². The molecule has 0 saturated carbocycles. The van der Waals surface area contributed by atoms with Gasteiger partial charge < -0.3 is 10.1 Å². The van der Waals surface area contributed by atoms with E-state index in [-0.39, 0.29) is 5.91 Å². The van der Waals surface area contributed by atoms with E-state index in [4.69, 9.17) is 4.74 Å². The van der Waals surface area contributed by atoms with E-state index in [1.165, 1.54) is 4.70 Å². The number of amides is 1. The summed E-state index contributed by atoms with van der Waals surface area (Å²) in [6.45, 7) is 2.32. The second-order valence-electron chi connectivity index (χ2n) is 6.38. The highest BCUT2D eigenvalue weighted by atomic mass is 32.1. The highest BCUT2D eigenvalue weighted by Gasteiger charge is 2.15. The lowest BCUT2D eigenvalue weighted by Crippen LogP contribution is -2.32. The minimum Gasteiger partial charge on any atom is -0.381 e. The molecule has 1 aromatic heterocycles. The van der Waals surface area contributed by atoms with Crippen LogP contribution in [0.15, 0.2) is 48.0 Å². The lowest BCUT2D eigenvalue weighted by molar-refractivity contribution is 0.0642. The van der Waals surface area contributed by atoms with Crippen molar-refractivity contribution >= 4 is 27.5 Å². The molecule has 128 valence electrons. The Morgan fingerprint density at radius 2 is 2.00 bits per heavy atom. The number of nitrogens with one attached hydrogen (secondary N) is 1. The number of nitrogens with zero attached hydrogens (tertiary/aromatic N) is 1. The highest BCUT2D eigenvalue weighted by molar-refractivity contribution is 7.16. The van der Waals surface area contributed by atoms with Crippen LogP contribution < -0.4 is 5.32 Å². The summed E-state index contributed by atoms with van der Waals surface area (Å²) >= 11 is 1.64. The number of ether oxygens (including phenoxy) is 1. The van der Waals surface area contributed by atoms with E-state index >= 15 is 0 Å². The van der Waals surface area contributed by atoms with Crippen molar-refractivity contribution < 1.29 is 9.53 Å². The Labute approximate surface area is 150 Å². The molecule has 1 saturated heterocycles. The maximum absolute atomic E-state index is 12.5. The van der Waals surface area contributed by atoms with Gasteiger partial charge in [-0.25, -0.2) is 4.98 Å². The predicted octanol–water partition coefficient (Wildman–Crippen LogP) is 4.12. The zero-order valence-corrected chi connectivity index (χ0v) is 14.7. The first kappa shape index (κ1) is 16.2. The van der Waals surface area contributed by atoms with Gasteiger partial charge in [-0.2, -0.15) is 0 Å². The maximum Gasteiger partial charge on any atom is 0.251 e. The fourth-order valence-electron chi connectivity index (χ4n) is 3.17. The van der Waals surface area contributed by atoms with Gasteiger partial charge in [-0.05, 0) is 54.2 Å². The molecule has 0 spiro atoms. The minimum absolute atomic E-state index is 0.0110. The number of hydrogen-bond donors (Lipinski definition) is 1. The molecule has 4 rings (SSSR count). The van der Waals surface area contributed by atoms with Crippen molar-refractivity contribution in [2.45, 2.75) is 12.8 Å². The summed E-state index contributed by atoms with van der Waals surface area (Å²) in [7, 11) is 0. The van der Waals surface area contributed by atoms with Gasteiger partial charge in [-0.1, -0.05) is 18.2 Å². The number of thiazole rings is 1. The third-order valence-electron chi connectivity index (χ3n) is 4.68. The molecular weight excluding hydrogens is 332 g/mol. The zero-order chi connectivity index (χ0) is 17.1. The Bertz CT molecular complexity index is 884. The molecule has 4 nitrogen and oxygen atoms in total. The van der Waals surface area contributed by atoms with Crippen LogP contribution in [0.4, 0.5) is 0 Å². The highest BCUT2D eigenvalue weighted by Crippen LogP contribution is 2.26. The van der Waals surface area contributed by atoms with E-state index in [1.54, 1.807) is 11.3 Å². The molecule has 0 atom stereocenters. The lowest BCUT2D eigenvalue weighted by atomic mass is 10.00. The average Bonchev–Trinajstić information content (AvgIpc) is 3.15. The summed E-state index contributed by atoms with van der Waals surface area (Å²) in [5, 5.41) is 3.07. The van der Waals surface area contributed by atoms with Crippen LogP contribution in [-0.4, -0.2) is 30.6 Å². The SMILES string of the molecule is O=C(NCC1CCOCC1)c1cccc(-c2ccc3scnc3c2)c1. The topological polar surface area (TPSA) is 51.2 Å². The Morgan fingerprint density at radius 3 is 2.88 bits per heavy atom. The zero-order valence-electron chi connectivity index (χ0n) is 13.9. The number of benzene rings is 2. The maximum atomic E-state index is 12.5. The van der Waals surface area contributed by atoms with Gasteiger partial charge in [0.15, 0.2) is 0 Å². The van der Waals surface area contributed by atoms with Gasteiger partial charge in [-0.15, -0.1) is 11.3 Å². The van der Waals surface area contributed by atoms with E-state index in [0.29, 0.717) is 11.5 Å². The van der Waals surface area contributed by atoms with Gasteiger partial charge in [0.2, 0.25) is 0 Å². The molecule has 1 aliphatic rings. The summed E-state index contributed by atoms with van der Waals surface area (Å²) in [6, 6.07) is 14.0. The van der Waals surface area contributed by atoms with Crippen LogP contribution in [0.5, 0.6) is 0 Å². The predicted molar refractivity (Wildman–Crippen MR) is 101 cm³/mol. The van der Waals surface area contributed by atoms with Crippen LogP contribution in [0.2, 0.25) is 0 Å². The van der Waals surface area contributed by atoms with Crippen LogP contribution >= 0.6 is 11.3 Å². The molecule has 25 heavy (non-hydrogen) atoms. The van der Waals surface area contributed by atoms with Gasteiger partial charge in [-0.3, -0.25) is 4.79 Å². The normalized spacial score (nSPS) is 15.4. The minimum atomic E-state index is -0.0110. The summed E-state index contributed by atoms with van der Waals surface area (Å²) < 4.78 is 6.54. The molecule has 0 unspecified atom stereocenters. The van der Waals surface area contributed by atoms with Crippen LogP contribution in [0.25, 0.3) is 21.3 Å². The molecule has 1 fully saturated rings. The van der Waals surface area contributed by atoms with Gasteiger partial charge in [0.1, 0.15) is 0 Å². The number of aromatic nitrogens is 1. The van der Waals surface area contributed by atoms with Crippen molar-refractivity contribution in [3.8, 4) is 11.1 Å². The quantitative estimate of drug-likeness (QED) is 0.768. The van der Waals surface area contributed by atoms with Crippen molar-refractivity contribution in [3.05, 3.63) is 53.5 Å². The first-order chi connectivity index (χ1) is 12.3. The van der Waals surface area contributed by atoms with Crippen LogP contribution in [-0.2, 0) is 4.74 Å². The number of carbonyl (C=O) groups excluding carboxylic acids is 1. The van der Waals surface area contributed by atoms with E-state index in [2.05, 4.69) is 28.5 Å². The third-order valence-corrected chi connectivity index (χ3v) is 5.49. The molecule has 5 heteroatoms. The molecule has 2 heterocycles. The van der Waals surface area contributed by atoms with Gasteiger partial charge >= 0.3 is 0 Å². The molecule has 3 aromatic rings.